The van der Waals surface area contributed by atoms with Crippen LogP contribution in [0.5, 0.6) is 0 Å². The molecular formula is C16H21FN6O2. The summed E-state index contributed by atoms with van der Waals surface area (Å²) >= 11 is 0. The van der Waals surface area contributed by atoms with Crippen molar-refractivity contribution in [2.75, 3.05) is 25.5 Å². The van der Waals surface area contributed by atoms with Gasteiger partial charge in [0.05, 0.1) is 6.04 Å². The molecule has 0 saturated heterocycles. The van der Waals surface area contributed by atoms with Gasteiger partial charge in [0.15, 0.2) is 11.5 Å². The minimum atomic E-state index is -0.292. The van der Waals surface area contributed by atoms with E-state index in [-0.39, 0.29) is 17.7 Å². The maximum Gasteiger partial charge on any atom is 0.202 e. The van der Waals surface area contributed by atoms with Gasteiger partial charge < -0.3 is 21.2 Å². The third-order valence-electron chi connectivity index (χ3n) is 4.18. The molecule has 0 saturated carbocycles. The number of benzene rings is 1. The molecule has 9 heteroatoms. The summed E-state index contributed by atoms with van der Waals surface area (Å²) in [5, 5.41) is 29.5. The first-order valence-corrected chi connectivity index (χ1v) is 8.21. The van der Waals surface area contributed by atoms with Crippen molar-refractivity contribution < 1.29 is 14.2 Å². The zero-order valence-electron chi connectivity index (χ0n) is 13.9. The molecule has 2 aromatic rings. The molecule has 0 aliphatic heterocycles. The summed E-state index contributed by atoms with van der Waals surface area (Å²) in [5.74, 6) is 0.252. The highest BCUT2D eigenvalue weighted by molar-refractivity contribution is 6.00. The van der Waals surface area contributed by atoms with Crippen LogP contribution in [0, 0.1) is 5.82 Å². The molecule has 3 rings (SSSR count). The molecule has 1 aliphatic rings. The molecule has 4 N–H and O–H groups in total. The van der Waals surface area contributed by atoms with Crippen LogP contribution in [0.4, 0.5) is 10.2 Å². The van der Waals surface area contributed by atoms with Crippen LogP contribution in [0.25, 0.3) is 0 Å². The minimum Gasteiger partial charge on any atom is -0.409 e. The van der Waals surface area contributed by atoms with Crippen LogP contribution in [0.15, 0.2) is 28.0 Å². The third kappa shape index (κ3) is 3.87. The van der Waals surface area contributed by atoms with Gasteiger partial charge in [0.1, 0.15) is 5.82 Å². The van der Waals surface area contributed by atoms with Gasteiger partial charge in [-0.3, -0.25) is 0 Å². The Hall–Kier alpha value is -2.68. The molecule has 1 heterocycles. The van der Waals surface area contributed by atoms with E-state index in [4.69, 9.17) is 4.63 Å². The van der Waals surface area contributed by atoms with E-state index in [1.165, 1.54) is 12.1 Å². The van der Waals surface area contributed by atoms with Gasteiger partial charge in [-0.2, -0.15) is 0 Å². The molecule has 0 radical (unpaired) electrons. The van der Waals surface area contributed by atoms with Crippen molar-refractivity contribution >= 4 is 11.7 Å². The molecule has 0 fully saturated rings. The van der Waals surface area contributed by atoms with E-state index in [1.807, 2.05) is 7.05 Å². The number of nitrogens with one attached hydrogen (secondary N) is 3. The fourth-order valence-corrected chi connectivity index (χ4v) is 2.81. The second-order valence-corrected chi connectivity index (χ2v) is 5.89. The number of nitrogens with zero attached hydrogens (tertiary/aromatic N) is 3. The van der Waals surface area contributed by atoms with Gasteiger partial charge in [-0.1, -0.05) is 11.2 Å². The summed E-state index contributed by atoms with van der Waals surface area (Å²) in [6.45, 7) is 1.63. The van der Waals surface area contributed by atoms with E-state index in [0.29, 0.717) is 24.5 Å². The first kappa shape index (κ1) is 17.2. The van der Waals surface area contributed by atoms with Crippen LogP contribution in [0.2, 0.25) is 0 Å². The first-order valence-electron chi connectivity index (χ1n) is 8.21. The van der Waals surface area contributed by atoms with Crippen molar-refractivity contribution in [1.82, 2.24) is 20.9 Å². The Morgan fingerprint density at radius 2 is 2.20 bits per heavy atom. The SMILES string of the molecule is CNCCCCNc1nonc1/C(=N/O)N[C@H]1Cc2ccc(F)cc21. The number of hydrogen-bond acceptors (Lipinski definition) is 7. The van der Waals surface area contributed by atoms with E-state index in [0.717, 1.165) is 30.5 Å². The van der Waals surface area contributed by atoms with E-state index >= 15 is 0 Å². The highest BCUT2D eigenvalue weighted by Crippen LogP contribution is 2.33. The van der Waals surface area contributed by atoms with Gasteiger partial charge in [-0.05, 0) is 66.4 Å². The summed E-state index contributed by atoms with van der Waals surface area (Å²) in [6.07, 6.45) is 2.68. The zero-order valence-corrected chi connectivity index (χ0v) is 13.9. The monoisotopic (exact) mass is 348 g/mol. The van der Waals surface area contributed by atoms with Crippen molar-refractivity contribution in [3.05, 3.63) is 40.8 Å². The Bertz CT molecular complexity index is 748. The van der Waals surface area contributed by atoms with Gasteiger partial charge >= 0.3 is 0 Å². The highest BCUT2D eigenvalue weighted by Gasteiger charge is 2.29. The molecule has 0 unspecified atom stereocenters. The van der Waals surface area contributed by atoms with Crippen LogP contribution >= 0.6 is 0 Å². The Morgan fingerprint density at radius 1 is 1.36 bits per heavy atom. The van der Waals surface area contributed by atoms with Crippen molar-refractivity contribution in [3.63, 3.8) is 0 Å². The largest absolute Gasteiger partial charge is 0.409 e. The van der Waals surface area contributed by atoms with E-state index in [2.05, 4.69) is 31.4 Å². The lowest BCUT2D eigenvalue weighted by atomic mass is 9.83. The fourth-order valence-electron chi connectivity index (χ4n) is 2.81. The predicted octanol–water partition coefficient (Wildman–Crippen LogP) is 1.64. The molecule has 1 atom stereocenters. The second kappa shape index (κ2) is 7.93. The molecule has 0 amide bonds. The van der Waals surface area contributed by atoms with Crippen molar-refractivity contribution in [2.24, 2.45) is 5.16 Å². The normalized spacial score (nSPS) is 16.2. The van der Waals surface area contributed by atoms with Crippen molar-refractivity contribution in [2.45, 2.75) is 25.3 Å². The smallest absolute Gasteiger partial charge is 0.202 e. The number of hydrogen-bond donors (Lipinski definition) is 4. The van der Waals surface area contributed by atoms with Crippen molar-refractivity contribution in [3.8, 4) is 0 Å². The molecule has 8 nitrogen and oxygen atoms in total. The summed E-state index contributed by atoms with van der Waals surface area (Å²) < 4.78 is 18.1. The summed E-state index contributed by atoms with van der Waals surface area (Å²) in [7, 11) is 1.91. The molecule has 25 heavy (non-hydrogen) atoms. The van der Waals surface area contributed by atoms with E-state index in [1.54, 1.807) is 6.07 Å². The second-order valence-electron chi connectivity index (χ2n) is 5.89. The molecule has 1 aromatic heterocycles. The van der Waals surface area contributed by atoms with Crippen LogP contribution in [-0.2, 0) is 6.42 Å². The Kier molecular flexibility index (Phi) is 5.44. The molecule has 134 valence electrons. The van der Waals surface area contributed by atoms with Gasteiger partial charge in [-0.15, -0.1) is 0 Å². The lowest BCUT2D eigenvalue weighted by molar-refractivity contribution is 0.303. The Balaban J connectivity index is 1.62. The lowest BCUT2D eigenvalue weighted by Crippen LogP contribution is -2.37. The average molecular weight is 348 g/mol. The summed E-state index contributed by atoms with van der Waals surface area (Å²) in [6, 6.07) is 4.53. The lowest BCUT2D eigenvalue weighted by Gasteiger charge is -2.31. The van der Waals surface area contributed by atoms with Crippen LogP contribution < -0.4 is 16.0 Å². The zero-order chi connectivity index (χ0) is 17.6. The number of fused-ring (bicyclic) bond motifs is 1. The van der Waals surface area contributed by atoms with Crippen molar-refractivity contribution in [1.29, 1.82) is 0 Å². The topological polar surface area (TPSA) is 108 Å². The number of rotatable bonds is 8. The van der Waals surface area contributed by atoms with Crippen LogP contribution in [0.3, 0.4) is 0 Å². The fraction of sp³-hybridized carbons (Fsp3) is 0.438. The first-order chi connectivity index (χ1) is 12.2. The van der Waals surface area contributed by atoms with Gasteiger partial charge in [0.25, 0.3) is 0 Å². The highest BCUT2D eigenvalue weighted by atomic mass is 19.1. The number of halogens is 1. The Morgan fingerprint density at radius 3 is 3.00 bits per heavy atom. The van der Waals surface area contributed by atoms with Gasteiger partial charge in [-0.25, -0.2) is 9.02 Å². The summed E-state index contributed by atoms with van der Waals surface area (Å²) in [4.78, 5) is 0. The maximum absolute atomic E-state index is 13.4. The Labute approximate surface area is 144 Å². The number of oxime groups is 1. The third-order valence-corrected chi connectivity index (χ3v) is 4.18. The molecule has 0 spiro atoms. The average Bonchev–Trinajstić information content (AvgIpc) is 3.06. The van der Waals surface area contributed by atoms with E-state index in [9.17, 15) is 9.60 Å². The number of anilines is 1. The summed E-state index contributed by atoms with van der Waals surface area (Å²) in [5.41, 5.74) is 2.21. The van der Waals surface area contributed by atoms with Crippen LogP contribution in [0.1, 0.15) is 35.7 Å². The van der Waals surface area contributed by atoms with Gasteiger partial charge in [0, 0.05) is 6.54 Å². The standard InChI is InChI=1S/C16H21FN6O2/c1-18-6-2-3-7-19-15-14(22-25-23-15)16(21-24)20-13-8-10-4-5-11(17)9-12(10)13/h4-5,9,13,18,24H,2-3,6-8H2,1H3,(H,19,23)(H,20,21)/t13-/m0/s1. The molecule has 1 aromatic carbocycles. The van der Waals surface area contributed by atoms with Crippen LogP contribution in [-0.4, -0.2) is 41.5 Å². The predicted molar refractivity (Wildman–Crippen MR) is 90.3 cm³/mol. The molecular weight excluding hydrogens is 327 g/mol. The molecule has 1 aliphatic carbocycles. The number of unbranched alkanes of at least 4 members (excludes halogenated alkanes) is 1. The quantitative estimate of drug-likeness (QED) is 0.189. The molecule has 0 bridgehead atoms. The van der Waals surface area contributed by atoms with E-state index < -0.39 is 0 Å². The number of aromatic nitrogens is 2. The van der Waals surface area contributed by atoms with Gasteiger partial charge in [0.2, 0.25) is 5.82 Å². The maximum atomic E-state index is 13.4. The minimum absolute atomic E-state index is 0.138. The number of amidine groups is 1.